The Morgan fingerprint density at radius 2 is 2.14 bits per heavy atom. The van der Waals surface area contributed by atoms with Gasteiger partial charge in [0.05, 0.1) is 0 Å². The Morgan fingerprint density at radius 3 is 2.71 bits per heavy atom. The molecule has 2 N–H and O–H groups in total. The normalized spacial score (nSPS) is 11.8. The lowest BCUT2D eigenvalue weighted by Crippen LogP contribution is -2.42. The highest BCUT2D eigenvalue weighted by Gasteiger charge is 2.18. The van der Waals surface area contributed by atoms with Crippen molar-refractivity contribution in [1.29, 1.82) is 0 Å². The standard InChI is InChI=1S/C16H21NO4/c1-4-6-14(16(19)20)17-15(18)10-21-13-8-5-7-12(9-13)11(2)3/h4-5,7-9,11,14H,1,6,10H2,2-3H3,(H,17,18)(H,19,20). The molecule has 0 radical (unpaired) electrons. The van der Waals surface area contributed by atoms with Gasteiger partial charge < -0.3 is 15.2 Å². The molecule has 1 atom stereocenters. The van der Waals surface area contributed by atoms with Gasteiger partial charge in [-0.15, -0.1) is 6.58 Å². The molecule has 1 aromatic rings. The molecule has 0 aliphatic carbocycles. The van der Waals surface area contributed by atoms with Crippen molar-refractivity contribution < 1.29 is 19.4 Å². The fourth-order valence-electron chi connectivity index (χ4n) is 1.74. The van der Waals surface area contributed by atoms with Gasteiger partial charge in [-0.05, 0) is 30.0 Å². The van der Waals surface area contributed by atoms with Crippen LogP contribution >= 0.6 is 0 Å². The Balaban J connectivity index is 2.54. The summed E-state index contributed by atoms with van der Waals surface area (Å²) in [5.41, 5.74) is 1.11. The Bertz CT molecular complexity index is 511. The summed E-state index contributed by atoms with van der Waals surface area (Å²) in [5.74, 6) is -0.609. The van der Waals surface area contributed by atoms with E-state index in [1.54, 1.807) is 6.07 Å². The Hall–Kier alpha value is -2.30. The highest BCUT2D eigenvalue weighted by molar-refractivity contribution is 5.84. The average Bonchev–Trinajstić information content (AvgIpc) is 2.45. The number of aliphatic carboxylic acids is 1. The monoisotopic (exact) mass is 291 g/mol. The van der Waals surface area contributed by atoms with Gasteiger partial charge in [0, 0.05) is 0 Å². The van der Waals surface area contributed by atoms with Crippen LogP contribution in [0.2, 0.25) is 0 Å². The molecular formula is C16H21NO4. The highest BCUT2D eigenvalue weighted by atomic mass is 16.5. The van der Waals surface area contributed by atoms with Crippen LogP contribution in [0.15, 0.2) is 36.9 Å². The van der Waals surface area contributed by atoms with Crippen molar-refractivity contribution in [2.24, 2.45) is 0 Å². The first kappa shape index (κ1) is 16.8. The van der Waals surface area contributed by atoms with E-state index in [9.17, 15) is 9.59 Å². The minimum absolute atomic E-state index is 0.171. The zero-order valence-corrected chi connectivity index (χ0v) is 12.3. The minimum atomic E-state index is -1.09. The van der Waals surface area contributed by atoms with Crippen LogP contribution < -0.4 is 10.1 Å². The molecule has 0 aliphatic rings. The summed E-state index contributed by atoms with van der Waals surface area (Å²) >= 11 is 0. The summed E-state index contributed by atoms with van der Waals surface area (Å²) in [6.45, 7) is 7.38. The van der Waals surface area contributed by atoms with E-state index in [0.29, 0.717) is 11.7 Å². The molecule has 1 amide bonds. The Kier molecular flexibility index (Phi) is 6.46. The zero-order valence-electron chi connectivity index (χ0n) is 12.3. The fraction of sp³-hybridized carbons (Fsp3) is 0.375. The van der Waals surface area contributed by atoms with Gasteiger partial charge in [0.25, 0.3) is 5.91 Å². The number of nitrogens with one attached hydrogen (secondary N) is 1. The SMILES string of the molecule is C=CCC(NC(=O)COc1cccc(C(C)C)c1)C(=O)O. The second-order valence-corrected chi connectivity index (χ2v) is 5.00. The van der Waals surface area contributed by atoms with Gasteiger partial charge >= 0.3 is 5.97 Å². The molecule has 0 saturated carbocycles. The number of amides is 1. The third-order valence-electron chi connectivity index (χ3n) is 2.93. The van der Waals surface area contributed by atoms with Gasteiger partial charge in [0.15, 0.2) is 6.61 Å². The molecule has 0 spiro atoms. The van der Waals surface area contributed by atoms with Crippen LogP contribution in [0.5, 0.6) is 5.75 Å². The molecule has 0 aromatic heterocycles. The van der Waals surface area contributed by atoms with Crippen LogP contribution in [-0.2, 0) is 9.59 Å². The van der Waals surface area contributed by atoms with Crippen molar-refractivity contribution >= 4 is 11.9 Å². The molecule has 5 heteroatoms. The molecule has 0 aliphatic heterocycles. The number of carbonyl (C=O) groups is 2. The van der Waals surface area contributed by atoms with E-state index in [-0.39, 0.29) is 13.0 Å². The van der Waals surface area contributed by atoms with Crippen LogP contribution in [0.25, 0.3) is 0 Å². The van der Waals surface area contributed by atoms with Crippen molar-refractivity contribution in [3.8, 4) is 5.75 Å². The number of ether oxygens (including phenoxy) is 1. The maximum atomic E-state index is 11.7. The van der Waals surface area contributed by atoms with Crippen LogP contribution in [0.1, 0.15) is 31.7 Å². The quantitative estimate of drug-likeness (QED) is 0.721. The number of carbonyl (C=O) groups excluding carboxylic acids is 1. The number of benzene rings is 1. The van der Waals surface area contributed by atoms with Gasteiger partial charge in [0.1, 0.15) is 11.8 Å². The first-order valence-corrected chi connectivity index (χ1v) is 6.80. The van der Waals surface area contributed by atoms with Gasteiger partial charge in [-0.2, -0.15) is 0 Å². The van der Waals surface area contributed by atoms with E-state index in [1.807, 2.05) is 18.2 Å². The topological polar surface area (TPSA) is 75.6 Å². The lowest BCUT2D eigenvalue weighted by Gasteiger charge is -2.13. The van der Waals surface area contributed by atoms with Crippen molar-refractivity contribution in [3.63, 3.8) is 0 Å². The van der Waals surface area contributed by atoms with E-state index < -0.39 is 17.9 Å². The third kappa shape index (κ3) is 5.69. The maximum Gasteiger partial charge on any atom is 0.326 e. The molecule has 0 heterocycles. The minimum Gasteiger partial charge on any atom is -0.484 e. The molecule has 1 rings (SSSR count). The molecular weight excluding hydrogens is 270 g/mol. The van der Waals surface area contributed by atoms with E-state index in [2.05, 4.69) is 25.7 Å². The summed E-state index contributed by atoms with van der Waals surface area (Å²) in [4.78, 5) is 22.6. The predicted molar refractivity (Wildman–Crippen MR) is 80.4 cm³/mol. The fourth-order valence-corrected chi connectivity index (χ4v) is 1.74. The number of hydrogen-bond donors (Lipinski definition) is 2. The van der Waals surface area contributed by atoms with Gasteiger partial charge in [-0.3, -0.25) is 4.79 Å². The second kappa shape index (κ2) is 8.09. The number of hydrogen-bond acceptors (Lipinski definition) is 3. The van der Waals surface area contributed by atoms with Crippen LogP contribution in [0.3, 0.4) is 0 Å². The molecule has 21 heavy (non-hydrogen) atoms. The van der Waals surface area contributed by atoms with E-state index in [0.717, 1.165) is 5.56 Å². The van der Waals surface area contributed by atoms with Gasteiger partial charge in [0.2, 0.25) is 0 Å². The predicted octanol–water partition coefficient (Wildman–Crippen LogP) is 2.33. The lowest BCUT2D eigenvalue weighted by atomic mass is 10.0. The van der Waals surface area contributed by atoms with E-state index in [4.69, 9.17) is 9.84 Å². The number of carboxylic acids is 1. The largest absolute Gasteiger partial charge is 0.484 e. The maximum absolute atomic E-state index is 11.7. The van der Waals surface area contributed by atoms with Crippen molar-refractivity contribution in [1.82, 2.24) is 5.32 Å². The Labute approximate surface area is 124 Å². The lowest BCUT2D eigenvalue weighted by molar-refractivity contribution is -0.142. The number of rotatable bonds is 8. The zero-order chi connectivity index (χ0) is 15.8. The number of carboxylic acid groups (broad SMARTS) is 1. The molecule has 5 nitrogen and oxygen atoms in total. The summed E-state index contributed by atoms with van der Waals surface area (Å²) in [5, 5.41) is 11.3. The Morgan fingerprint density at radius 1 is 1.43 bits per heavy atom. The van der Waals surface area contributed by atoms with Crippen molar-refractivity contribution in [3.05, 3.63) is 42.5 Å². The molecule has 1 unspecified atom stereocenters. The summed E-state index contributed by atoms with van der Waals surface area (Å²) < 4.78 is 5.39. The summed E-state index contributed by atoms with van der Waals surface area (Å²) in [7, 11) is 0. The van der Waals surface area contributed by atoms with Crippen LogP contribution in [0, 0.1) is 0 Å². The van der Waals surface area contributed by atoms with Crippen LogP contribution in [-0.4, -0.2) is 29.6 Å². The second-order valence-electron chi connectivity index (χ2n) is 5.00. The van der Waals surface area contributed by atoms with Crippen molar-refractivity contribution in [2.75, 3.05) is 6.61 Å². The summed E-state index contributed by atoms with van der Waals surface area (Å²) in [6.07, 6.45) is 1.62. The highest BCUT2D eigenvalue weighted by Crippen LogP contribution is 2.19. The van der Waals surface area contributed by atoms with Gasteiger partial charge in [-0.1, -0.05) is 32.1 Å². The first-order valence-electron chi connectivity index (χ1n) is 6.80. The first-order chi connectivity index (χ1) is 9.93. The molecule has 0 fully saturated rings. The van der Waals surface area contributed by atoms with E-state index >= 15 is 0 Å². The van der Waals surface area contributed by atoms with Crippen molar-refractivity contribution in [2.45, 2.75) is 32.2 Å². The third-order valence-corrected chi connectivity index (χ3v) is 2.93. The average molecular weight is 291 g/mol. The smallest absolute Gasteiger partial charge is 0.326 e. The molecule has 0 saturated heterocycles. The molecule has 1 aromatic carbocycles. The van der Waals surface area contributed by atoms with Crippen LogP contribution in [0.4, 0.5) is 0 Å². The molecule has 114 valence electrons. The van der Waals surface area contributed by atoms with Gasteiger partial charge in [-0.25, -0.2) is 4.79 Å². The van der Waals surface area contributed by atoms with E-state index in [1.165, 1.54) is 6.08 Å². The molecule has 0 bridgehead atoms. The summed E-state index contributed by atoms with van der Waals surface area (Å²) in [6, 6.07) is 6.51.